The van der Waals surface area contributed by atoms with Crippen LogP contribution in [0.1, 0.15) is 30.1 Å². The first-order valence-electron chi connectivity index (χ1n) is 8.74. The van der Waals surface area contributed by atoms with Crippen molar-refractivity contribution >= 4 is 44.3 Å². The van der Waals surface area contributed by atoms with E-state index in [2.05, 4.69) is 10.3 Å². The predicted molar refractivity (Wildman–Crippen MR) is 108 cm³/mol. The highest BCUT2D eigenvalue weighted by Crippen LogP contribution is 2.27. The summed E-state index contributed by atoms with van der Waals surface area (Å²) in [4.78, 5) is 16.8. The van der Waals surface area contributed by atoms with Crippen LogP contribution in [-0.2, 0) is 10.0 Å². The van der Waals surface area contributed by atoms with Crippen molar-refractivity contribution in [1.29, 1.82) is 0 Å². The molecule has 1 amide bonds. The first-order valence-corrected chi connectivity index (χ1v) is 10.6. The number of sulfonamides is 1. The molecule has 7 nitrogen and oxygen atoms in total. The first kappa shape index (κ1) is 20.3. The summed E-state index contributed by atoms with van der Waals surface area (Å²) in [5.41, 5.74) is 1.95. The van der Waals surface area contributed by atoms with E-state index in [1.807, 2.05) is 0 Å². The number of anilines is 1. The zero-order valence-electron chi connectivity index (χ0n) is 15.7. The zero-order valence-corrected chi connectivity index (χ0v) is 17.3. The third-order valence-electron chi connectivity index (χ3n) is 4.27. The number of hydrogen-bond donors (Lipinski definition) is 1. The molecule has 1 aromatic heterocycles. The minimum Gasteiger partial charge on any atom is -0.441 e. The van der Waals surface area contributed by atoms with E-state index in [4.69, 9.17) is 16.0 Å². The minimum atomic E-state index is -3.79. The van der Waals surface area contributed by atoms with Crippen molar-refractivity contribution in [3.05, 3.63) is 52.9 Å². The monoisotopic (exact) mass is 421 g/mol. The van der Waals surface area contributed by atoms with Crippen LogP contribution < -0.4 is 5.32 Å². The van der Waals surface area contributed by atoms with Crippen molar-refractivity contribution in [2.75, 3.05) is 18.4 Å². The highest BCUT2D eigenvalue weighted by Gasteiger charge is 2.25. The summed E-state index contributed by atoms with van der Waals surface area (Å²) in [7, 11) is -3.79. The van der Waals surface area contributed by atoms with Gasteiger partial charge in [0.1, 0.15) is 10.4 Å². The number of aryl methyl sites for hydroxylation is 1. The lowest BCUT2D eigenvalue weighted by atomic mass is 10.2. The molecule has 0 aliphatic rings. The average Bonchev–Trinajstić information content (AvgIpc) is 3.02. The number of hydrogen-bond acceptors (Lipinski definition) is 5. The molecule has 148 valence electrons. The van der Waals surface area contributed by atoms with Gasteiger partial charge in [-0.1, -0.05) is 25.4 Å². The van der Waals surface area contributed by atoms with E-state index in [1.54, 1.807) is 39.0 Å². The van der Waals surface area contributed by atoms with Gasteiger partial charge in [0.05, 0.1) is 5.02 Å². The van der Waals surface area contributed by atoms with Crippen LogP contribution in [0.25, 0.3) is 11.1 Å². The lowest BCUT2D eigenvalue weighted by Gasteiger charge is -2.19. The van der Waals surface area contributed by atoms with Crippen molar-refractivity contribution in [1.82, 2.24) is 9.29 Å². The second-order valence-corrected chi connectivity index (χ2v) is 8.42. The van der Waals surface area contributed by atoms with Gasteiger partial charge in [0, 0.05) is 31.3 Å². The maximum Gasteiger partial charge on any atom is 0.255 e. The van der Waals surface area contributed by atoms with E-state index in [1.165, 1.54) is 22.5 Å². The Morgan fingerprint density at radius 2 is 1.89 bits per heavy atom. The number of halogens is 1. The van der Waals surface area contributed by atoms with Crippen molar-refractivity contribution in [3.8, 4) is 0 Å². The highest BCUT2D eigenvalue weighted by molar-refractivity contribution is 7.89. The Morgan fingerprint density at radius 3 is 2.57 bits per heavy atom. The molecule has 0 atom stereocenters. The minimum absolute atomic E-state index is 0.0722. The molecule has 2 aromatic carbocycles. The van der Waals surface area contributed by atoms with Gasteiger partial charge in [0.15, 0.2) is 11.5 Å². The maximum absolute atomic E-state index is 12.8. The molecule has 1 heterocycles. The Bertz CT molecular complexity index is 1140. The molecule has 3 aromatic rings. The molecule has 0 saturated heterocycles. The largest absolute Gasteiger partial charge is 0.441 e. The third-order valence-corrected chi connectivity index (χ3v) is 6.80. The molecule has 0 radical (unpaired) electrons. The number of nitrogens with one attached hydrogen (secondary N) is 1. The molecule has 9 heteroatoms. The quantitative estimate of drug-likeness (QED) is 0.647. The van der Waals surface area contributed by atoms with E-state index >= 15 is 0 Å². The van der Waals surface area contributed by atoms with Crippen LogP contribution in [0.2, 0.25) is 5.02 Å². The summed E-state index contributed by atoms with van der Waals surface area (Å²) in [6, 6.07) is 9.28. The van der Waals surface area contributed by atoms with E-state index in [0.29, 0.717) is 35.8 Å². The standard InChI is InChI=1S/C19H20ClN3O4S/c1-4-23(5-2)28(25,26)18-10-13(6-8-15(18)20)19(24)22-14-7-9-17-16(11-14)21-12(3)27-17/h6-11H,4-5H2,1-3H3,(H,22,24). The molecule has 0 saturated carbocycles. The van der Waals surface area contributed by atoms with Gasteiger partial charge in [-0.15, -0.1) is 0 Å². The molecular weight excluding hydrogens is 402 g/mol. The summed E-state index contributed by atoms with van der Waals surface area (Å²) in [6.07, 6.45) is 0. The molecule has 0 fully saturated rings. The maximum atomic E-state index is 12.8. The van der Waals surface area contributed by atoms with Gasteiger partial charge in [0.25, 0.3) is 5.91 Å². The molecule has 0 unspecified atom stereocenters. The fourth-order valence-electron chi connectivity index (χ4n) is 2.87. The Labute approximate surface area is 168 Å². The summed E-state index contributed by atoms with van der Waals surface area (Å²) >= 11 is 6.12. The molecule has 28 heavy (non-hydrogen) atoms. The molecule has 0 aliphatic heterocycles. The summed E-state index contributed by atoms with van der Waals surface area (Å²) in [5.74, 6) is 0.0784. The van der Waals surface area contributed by atoms with Crippen molar-refractivity contribution in [3.63, 3.8) is 0 Å². The number of amides is 1. The van der Waals surface area contributed by atoms with Crippen molar-refractivity contribution < 1.29 is 17.6 Å². The van der Waals surface area contributed by atoms with Crippen LogP contribution >= 0.6 is 11.6 Å². The van der Waals surface area contributed by atoms with Crippen LogP contribution in [-0.4, -0.2) is 36.7 Å². The Kier molecular flexibility index (Phi) is 5.74. The SMILES string of the molecule is CCN(CC)S(=O)(=O)c1cc(C(=O)Nc2ccc3oc(C)nc3c2)ccc1Cl. The fourth-order valence-corrected chi connectivity index (χ4v) is 4.83. The van der Waals surface area contributed by atoms with Crippen LogP contribution in [0.15, 0.2) is 45.7 Å². The molecule has 3 rings (SSSR count). The summed E-state index contributed by atoms with van der Waals surface area (Å²) < 4.78 is 32.3. The van der Waals surface area contributed by atoms with Gasteiger partial charge in [-0.25, -0.2) is 13.4 Å². The summed E-state index contributed by atoms with van der Waals surface area (Å²) in [5, 5.41) is 2.81. The fraction of sp³-hybridized carbons (Fsp3) is 0.263. The molecule has 1 N–H and O–H groups in total. The highest BCUT2D eigenvalue weighted by atomic mass is 35.5. The van der Waals surface area contributed by atoms with E-state index in [9.17, 15) is 13.2 Å². The number of carbonyl (C=O) groups excluding carboxylic acids is 1. The molecule has 0 bridgehead atoms. The van der Waals surface area contributed by atoms with Crippen LogP contribution in [0.4, 0.5) is 5.69 Å². The van der Waals surface area contributed by atoms with E-state index < -0.39 is 15.9 Å². The molecule has 0 aliphatic carbocycles. The topological polar surface area (TPSA) is 92.5 Å². The second kappa shape index (κ2) is 7.90. The molecular formula is C19H20ClN3O4S. The van der Waals surface area contributed by atoms with E-state index in [0.717, 1.165) is 0 Å². The number of benzene rings is 2. The Hall–Kier alpha value is -2.42. The lowest BCUT2D eigenvalue weighted by molar-refractivity contribution is 0.102. The van der Waals surface area contributed by atoms with Gasteiger partial charge >= 0.3 is 0 Å². The molecule has 0 spiro atoms. The Morgan fingerprint density at radius 1 is 1.18 bits per heavy atom. The van der Waals surface area contributed by atoms with Crippen LogP contribution in [0.5, 0.6) is 0 Å². The van der Waals surface area contributed by atoms with Gasteiger partial charge in [0.2, 0.25) is 10.0 Å². The third kappa shape index (κ3) is 3.89. The summed E-state index contributed by atoms with van der Waals surface area (Å²) in [6.45, 7) is 5.84. The second-order valence-electron chi connectivity index (χ2n) is 6.10. The number of aromatic nitrogens is 1. The number of rotatable bonds is 6. The van der Waals surface area contributed by atoms with Gasteiger partial charge in [-0.2, -0.15) is 4.31 Å². The number of nitrogens with zero attached hydrogens (tertiary/aromatic N) is 2. The van der Waals surface area contributed by atoms with Crippen molar-refractivity contribution in [2.24, 2.45) is 0 Å². The van der Waals surface area contributed by atoms with E-state index in [-0.39, 0.29) is 15.5 Å². The number of carbonyl (C=O) groups is 1. The number of fused-ring (bicyclic) bond motifs is 1. The zero-order chi connectivity index (χ0) is 20.5. The average molecular weight is 422 g/mol. The first-order chi connectivity index (χ1) is 13.3. The lowest BCUT2D eigenvalue weighted by Crippen LogP contribution is -2.31. The normalized spacial score (nSPS) is 11.9. The predicted octanol–water partition coefficient (Wildman–Crippen LogP) is 4.07. The Balaban J connectivity index is 1.91. The van der Waals surface area contributed by atoms with Gasteiger partial charge < -0.3 is 9.73 Å². The van der Waals surface area contributed by atoms with Gasteiger partial charge in [-0.3, -0.25) is 4.79 Å². The van der Waals surface area contributed by atoms with Crippen LogP contribution in [0, 0.1) is 6.92 Å². The van der Waals surface area contributed by atoms with Gasteiger partial charge in [-0.05, 0) is 36.4 Å². The van der Waals surface area contributed by atoms with Crippen LogP contribution in [0.3, 0.4) is 0 Å². The van der Waals surface area contributed by atoms with Crippen molar-refractivity contribution in [2.45, 2.75) is 25.7 Å². The smallest absolute Gasteiger partial charge is 0.255 e. The number of oxazole rings is 1.